The van der Waals surface area contributed by atoms with E-state index in [1.807, 2.05) is 0 Å². The fourth-order valence-electron chi connectivity index (χ4n) is 2.17. The Morgan fingerprint density at radius 1 is 0.810 bits per heavy atom. The fraction of sp³-hybridized carbons (Fsp3) is 1.00. The molecule has 0 aliphatic carbocycles. The maximum Gasteiger partial charge on any atom is 0.0704 e. The largest absolute Gasteiger partial charge is 0.394 e. The highest BCUT2D eigenvalue weighted by atomic mass is 16.5. The van der Waals surface area contributed by atoms with E-state index in [-0.39, 0.29) is 6.61 Å². The van der Waals surface area contributed by atoms with Gasteiger partial charge in [-0.15, -0.1) is 0 Å². The number of rotatable bonds is 16. The Bertz CT molecular complexity index is 197. The average molecular weight is 304 g/mol. The van der Waals surface area contributed by atoms with Crippen molar-refractivity contribution in [2.45, 2.75) is 65.4 Å². The van der Waals surface area contributed by atoms with Crippen LogP contribution < -0.4 is 0 Å². The van der Waals surface area contributed by atoms with Crippen molar-refractivity contribution >= 4 is 0 Å². The van der Waals surface area contributed by atoms with E-state index in [0.717, 1.165) is 18.8 Å². The van der Waals surface area contributed by atoms with Crippen molar-refractivity contribution in [3.05, 3.63) is 0 Å². The summed E-state index contributed by atoms with van der Waals surface area (Å²) in [4.78, 5) is 0. The second kappa shape index (κ2) is 16.2. The van der Waals surface area contributed by atoms with Crippen molar-refractivity contribution in [3.8, 4) is 0 Å². The van der Waals surface area contributed by atoms with Gasteiger partial charge in [0.1, 0.15) is 0 Å². The van der Waals surface area contributed by atoms with Crippen LogP contribution in [-0.4, -0.2) is 50.9 Å². The zero-order chi connectivity index (χ0) is 15.8. The molecule has 128 valence electrons. The monoisotopic (exact) mass is 304 g/mol. The first kappa shape index (κ1) is 20.8. The highest BCUT2D eigenvalue weighted by Crippen LogP contribution is 2.13. The van der Waals surface area contributed by atoms with Crippen LogP contribution in [0, 0.1) is 5.92 Å². The van der Waals surface area contributed by atoms with Crippen molar-refractivity contribution in [1.82, 2.24) is 0 Å². The maximum atomic E-state index is 8.54. The van der Waals surface area contributed by atoms with Crippen LogP contribution in [0.4, 0.5) is 0 Å². The summed E-state index contributed by atoms with van der Waals surface area (Å²) in [6, 6.07) is 0. The number of hydrogen-bond donors (Lipinski definition) is 1. The Hall–Kier alpha value is -0.160. The van der Waals surface area contributed by atoms with Gasteiger partial charge in [-0.1, -0.05) is 46.5 Å². The van der Waals surface area contributed by atoms with Crippen LogP contribution >= 0.6 is 0 Å². The van der Waals surface area contributed by atoms with Gasteiger partial charge >= 0.3 is 0 Å². The van der Waals surface area contributed by atoms with Crippen LogP contribution in [0.15, 0.2) is 0 Å². The first-order valence-electron chi connectivity index (χ1n) is 8.58. The Labute approximate surface area is 131 Å². The summed E-state index contributed by atoms with van der Waals surface area (Å²) in [5.41, 5.74) is 0. The molecule has 0 heterocycles. The summed E-state index contributed by atoms with van der Waals surface area (Å²) < 4.78 is 16.4. The van der Waals surface area contributed by atoms with E-state index in [4.69, 9.17) is 19.3 Å². The van der Waals surface area contributed by atoms with Crippen molar-refractivity contribution in [3.63, 3.8) is 0 Å². The smallest absolute Gasteiger partial charge is 0.0704 e. The van der Waals surface area contributed by atoms with Crippen LogP contribution in [0.5, 0.6) is 0 Å². The van der Waals surface area contributed by atoms with E-state index in [1.165, 1.54) is 25.7 Å². The van der Waals surface area contributed by atoms with Gasteiger partial charge in [-0.3, -0.25) is 0 Å². The number of aliphatic hydroxyl groups excluding tert-OH is 1. The molecule has 0 fully saturated rings. The molecule has 0 spiro atoms. The molecule has 0 aliphatic rings. The molecule has 1 atom stereocenters. The number of ether oxygens (including phenoxy) is 3. The topological polar surface area (TPSA) is 47.9 Å². The van der Waals surface area contributed by atoms with Crippen molar-refractivity contribution in [2.75, 3.05) is 39.6 Å². The Morgan fingerprint density at radius 3 is 2.05 bits per heavy atom. The SMILES string of the molecule is CCC(CCCCCC(C)C)OCCOCCOCCO. The zero-order valence-corrected chi connectivity index (χ0v) is 14.3. The molecule has 0 radical (unpaired) electrons. The third-order valence-electron chi connectivity index (χ3n) is 3.45. The van der Waals surface area contributed by atoms with Crippen molar-refractivity contribution < 1.29 is 19.3 Å². The minimum absolute atomic E-state index is 0.0679. The van der Waals surface area contributed by atoms with E-state index in [9.17, 15) is 0 Å². The molecule has 0 aromatic carbocycles. The molecule has 0 aliphatic heterocycles. The van der Waals surface area contributed by atoms with Gasteiger partial charge in [0.25, 0.3) is 0 Å². The van der Waals surface area contributed by atoms with E-state index in [2.05, 4.69) is 20.8 Å². The van der Waals surface area contributed by atoms with Crippen LogP contribution in [0.25, 0.3) is 0 Å². The molecule has 0 bridgehead atoms. The molecule has 0 saturated carbocycles. The van der Waals surface area contributed by atoms with Crippen LogP contribution in [0.2, 0.25) is 0 Å². The Morgan fingerprint density at radius 2 is 1.43 bits per heavy atom. The summed E-state index contributed by atoms with van der Waals surface area (Å²) in [7, 11) is 0. The minimum atomic E-state index is 0.0679. The summed E-state index contributed by atoms with van der Waals surface area (Å²) >= 11 is 0. The molecular weight excluding hydrogens is 268 g/mol. The van der Waals surface area contributed by atoms with Crippen LogP contribution in [0.3, 0.4) is 0 Å². The standard InChI is InChI=1S/C17H36O4/c1-4-17(9-7-5-6-8-16(2)3)21-15-14-20-13-12-19-11-10-18/h16-18H,4-15H2,1-3H3. The quantitative estimate of drug-likeness (QED) is 0.444. The summed E-state index contributed by atoms with van der Waals surface area (Å²) in [6.45, 7) is 9.58. The molecule has 0 rings (SSSR count). The summed E-state index contributed by atoms with van der Waals surface area (Å²) in [5, 5.41) is 8.54. The van der Waals surface area contributed by atoms with Gasteiger partial charge in [-0.05, 0) is 18.8 Å². The molecule has 4 heteroatoms. The van der Waals surface area contributed by atoms with E-state index in [1.54, 1.807) is 0 Å². The predicted molar refractivity (Wildman–Crippen MR) is 86.7 cm³/mol. The van der Waals surface area contributed by atoms with Gasteiger partial charge in [-0.2, -0.15) is 0 Å². The molecule has 21 heavy (non-hydrogen) atoms. The highest BCUT2D eigenvalue weighted by molar-refractivity contribution is 4.57. The highest BCUT2D eigenvalue weighted by Gasteiger charge is 2.06. The lowest BCUT2D eigenvalue weighted by atomic mass is 10.0. The zero-order valence-electron chi connectivity index (χ0n) is 14.3. The van der Waals surface area contributed by atoms with Gasteiger partial charge in [-0.25, -0.2) is 0 Å². The predicted octanol–water partition coefficient (Wildman–Crippen LogP) is 3.41. The van der Waals surface area contributed by atoms with E-state index < -0.39 is 0 Å². The van der Waals surface area contributed by atoms with Gasteiger partial charge in [0.2, 0.25) is 0 Å². The number of unbranched alkanes of at least 4 members (excludes halogenated alkanes) is 2. The molecule has 4 nitrogen and oxygen atoms in total. The lowest BCUT2D eigenvalue weighted by Gasteiger charge is -2.16. The molecule has 1 N–H and O–H groups in total. The minimum Gasteiger partial charge on any atom is -0.394 e. The maximum absolute atomic E-state index is 8.54. The molecule has 0 amide bonds. The molecule has 1 unspecified atom stereocenters. The average Bonchev–Trinajstić information content (AvgIpc) is 2.47. The fourth-order valence-corrected chi connectivity index (χ4v) is 2.17. The van der Waals surface area contributed by atoms with Gasteiger partial charge in [0.15, 0.2) is 0 Å². The second-order valence-electron chi connectivity index (χ2n) is 5.88. The van der Waals surface area contributed by atoms with Crippen molar-refractivity contribution in [2.24, 2.45) is 5.92 Å². The summed E-state index contributed by atoms with van der Waals surface area (Å²) in [5.74, 6) is 0.821. The van der Waals surface area contributed by atoms with Gasteiger partial charge in [0, 0.05) is 0 Å². The Kier molecular flexibility index (Phi) is 16.1. The lowest BCUT2D eigenvalue weighted by molar-refractivity contribution is -0.0180. The first-order valence-corrected chi connectivity index (χ1v) is 8.58. The van der Waals surface area contributed by atoms with Crippen molar-refractivity contribution in [1.29, 1.82) is 0 Å². The third-order valence-corrected chi connectivity index (χ3v) is 3.45. The van der Waals surface area contributed by atoms with E-state index in [0.29, 0.717) is 39.1 Å². The van der Waals surface area contributed by atoms with Gasteiger partial charge < -0.3 is 19.3 Å². The molecule has 0 aromatic rings. The lowest BCUT2D eigenvalue weighted by Crippen LogP contribution is -2.17. The third kappa shape index (κ3) is 16.0. The van der Waals surface area contributed by atoms with Gasteiger partial charge in [0.05, 0.1) is 45.7 Å². The van der Waals surface area contributed by atoms with Crippen LogP contribution in [0.1, 0.15) is 59.3 Å². The Balaban J connectivity index is 3.32. The second-order valence-corrected chi connectivity index (χ2v) is 5.88. The summed E-state index contributed by atoms with van der Waals surface area (Å²) in [6.07, 6.45) is 7.86. The molecule has 0 saturated heterocycles. The number of aliphatic hydroxyl groups is 1. The molecular formula is C17H36O4. The normalized spacial score (nSPS) is 13.0. The molecule has 0 aromatic heterocycles. The number of hydrogen-bond acceptors (Lipinski definition) is 4. The van der Waals surface area contributed by atoms with Crippen LogP contribution in [-0.2, 0) is 14.2 Å². The van der Waals surface area contributed by atoms with E-state index >= 15 is 0 Å². The first-order chi connectivity index (χ1) is 10.2.